The molecule has 0 amide bonds. The second kappa shape index (κ2) is 7.57. The zero-order valence-electron chi connectivity index (χ0n) is 16.2. The summed E-state index contributed by atoms with van der Waals surface area (Å²) in [5.74, 6) is -1.02. The van der Waals surface area contributed by atoms with E-state index in [4.69, 9.17) is 4.98 Å². The third-order valence-electron chi connectivity index (χ3n) is 5.31. The molecule has 1 N–H and O–H groups in total. The van der Waals surface area contributed by atoms with Gasteiger partial charge in [-0.2, -0.15) is 13.2 Å². The molecule has 4 nitrogen and oxygen atoms in total. The van der Waals surface area contributed by atoms with Gasteiger partial charge in [-0.1, -0.05) is 37.3 Å². The Kier molecular flexibility index (Phi) is 5.07. The van der Waals surface area contributed by atoms with Crippen molar-refractivity contribution in [3.05, 3.63) is 76.5 Å². The maximum absolute atomic E-state index is 12.9. The van der Waals surface area contributed by atoms with E-state index in [1.807, 2.05) is 6.92 Å². The van der Waals surface area contributed by atoms with Crippen molar-refractivity contribution < 1.29 is 23.1 Å². The number of likely N-dealkylation sites (N-methyl/N-ethyl adjacent to an activating group) is 1. The number of halogens is 3. The minimum absolute atomic E-state index is 0.229. The number of hydrogen-bond donors (Lipinski definition) is 1. The maximum atomic E-state index is 12.9. The van der Waals surface area contributed by atoms with Gasteiger partial charge in [0.1, 0.15) is 0 Å². The molecule has 0 radical (unpaired) electrons. The van der Waals surface area contributed by atoms with Crippen molar-refractivity contribution >= 4 is 28.5 Å². The fourth-order valence-corrected chi connectivity index (χ4v) is 3.82. The first-order chi connectivity index (χ1) is 14.3. The van der Waals surface area contributed by atoms with Crippen LogP contribution in [0.3, 0.4) is 0 Å². The minimum Gasteiger partial charge on any atom is -0.478 e. The van der Waals surface area contributed by atoms with Crippen LogP contribution in [0.5, 0.6) is 0 Å². The summed E-state index contributed by atoms with van der Waals surface area (Å²) in [6.45, 7) is 3.68. The smallest absolute Gasteiger partial charge is 0.416 e. The van der Waals surface area contributed by atoms with Crippen molar-refractivity contribution in [3.63, 3.8) is 0 Å². The monoisotopic (exact) mass is 412 g/mol. The molecule has 4 rings (SSSR count). The number of alkyl halides is 3. The van der Waals surface area contributed by atoms with E-state index in [0.717, 1.165) is 17.7 Å². The molecule has 3 aromatic rings. The van der Waals surface area contributed by atoms with E-state index < -0.39 is 17.7 Å². The van der Waals surface area contributed by atoms with Gasteiger partial charge < -0.3 is 5.11 Å². The third kappa shape index (κ3) is 3.68. The standard InChI is InChI=1S/C23H19F3N2O2/c1-2-28-12-15(11-14-7-9-16(10-8-14)23(24,25)26)21-18(13-28)20(22(29)30)17-5-3-4-6-19(17)27-21/h3-11H,2,12-13H2,1H3,(H,29,30). The van der Waals surface area contributed by atoms with Gasteiger partial charge in [0.15, 0.2) is 0 Å². The minimum atomic E-state index is -4.39. The molecule has 0 fully saturated rings. The van der Waals surface area contributed by atoms with Gasteiger partial charge in [0.25, 0.3) is 0 Å². The Balaban J connectivity index is 1.89. The van der Waals surface area contributed by atoms with Crippen LogP contribution in [-0.2, 0) is 12.7 Å². The number of aromatic carboxylic acids is 1. The highest BCUT2D eigenvalue weighted by Crippen LogP contribution is 2.34. The number of nitrogens with zero attached hydrogens (tertiary/aromatic N) is 2. The average Bonchev–Trinajstić information content (AvgIpc) is 2.71. The maximum Gasteiger partial charge on any atom is 0.416 e. The van der Waals surface area contributed by atoms with Crippen LogP contribution >= 0.6 is 0 Å². The fraction of sp³-hybridized carbons (Fsp3) is 0.217. The van der Waals surface area contributed by atoms with Crippen molar-refractivity contribution in [2.24, 2.45) is 0 Å². The van der Waals surface area contributed by atoms with Crippen LogP contribution in [0.2, 0.25) is 0 Å². The van der Waals surface area contributed by atoms with Crippen LogP contribution < -0.4 is 0 Å². The summed E-state index contributed by atoms with van der Waals surface area (Å²) in [5.41, 5.74) is 2.72. The first kappa shape index (κ1) is 20.1. The van der Waals surface area contributed by atoms with Gasteiger partial charge in [-0.3, -0.25) is 4.90 Å². The molecule has 0 spiro atoms. The van der Waals surface area contributed by atoms with Crippen molar-refractivity contribution in [2.75, 3.05) is 13.1 Å². The summed E-state index contributed by atoms with van der Waals surface area (Å²) in [7, 11) is 0. The number of benzene rings is 2. The van der Waals surface area contributed by atoms with Gasteiger partial charge in [0.05, 0.1) is 22.3 Å². The first-order valence-corrected chi connectivity index (χ1v) is 9.53. The number of carboxylic acids is 1. The van der Waals surface area contributed by atoms with Gasteiger partial charge >= 0.3 is 12.1 Å². The highest BCUT2D eigenvalue weighted by atomic mass is 19.4. The molecular weight excluding hydrogens is 393 g/mol. The Labute approximate surface area is 171 Å². The van der Waals surface area contributed by atoms with E-state index in [1.165, 1.54) is 12.1 Å². The van der Waals surface area contributed by atoms with Crippen molar-refractivity contribution in [2.45, 2.75) is 19.6 Å². The zero-order chi connectivity index (χ0) is 21.5. The molecule has 2 aromatic carbocycles. The lowest BCUT2D eigenvalue weighted by molar-refractivity contribution is -0.137. The van der Waals surface area contributed by atoms with Crippen LogP contribution in [0, 0.1) is 0 Å². The zero-order valence-corrected chi connectivity index (χ0v) is 16.2. The number of hydrogen-bond acceptors (Lipinski definition) is 3. The van der Waals surface area contributed by atoms with Gasteiger partial charge in [-0.15, -0.1) is 0 Å². The molecule has 0 aliphatic carbocycles. The summed E-state index contributed by atoms with van der Waals surface area (Å²) in [5, 5.41) is 10.5. The van der Waals surface area contributed by atoms with E-state index in [2.05, 4.69) is 4.90 Å². The van der Waals surface area contributed by atoms with Crippen molar-refractivity contribution in [1.82, 2.24) is 9.88 Å². The largest absolute Gasteiger partial charge is 0.478 e. The molecule has 0 atom stereocenters. The van der Waals surface area contributed by atoms with Crippen LogP contribution in [-0.4, -0.2) is 34.0 Å². The fourth-order valence-electron chi connectivity index (χ4n) is 3.82. The molecule has 0 unspecified atom stereocenters. The van der Waals surface area contributed by atoms with Crippen LogP contribution in [0.15, 0.2) is 48.5 Å². The quantitative estimate of drug-likeness (QED) is 0.632. The van der Waals surface area contributed by atoms with Crippen molar-refractivity contribution in [1.29, 1.82) is 0 Å². The average molecular weight is 412 g/mol. The highest BCUT2D eigenvalue weighted by molar-refractivity contribution is 6.06. The van der Waals surface area contributed by atoms with Crippen LogP contribution in [0.1, 0.15) is 39.7 Å². The van der Waals surface area contributed by atoms with Gasteiger partial charge in [0, 0.05) is 24.0 Å². The number of carbonyl (C=O) groups is 1. The summed E-state index contributed by atoms with van der Waals surface area (Å²) in [6.07, 6.45) is -2.60. The van der Waals surface area contributed by atoms with Gasteiger partial charge in [-0.05, 0) is 42.0 Å². The van der Waals surface area contributed by atoms with Crippen LogP contribution in [0.4, 0.5) is 13.2 Å². The molecule has 7 heteroatoms. The SMILES string of the molecule is CCN1CC(=Cc2ccc(C(F)(F)F)cc2)c2nc3ccccc3c(C(=O)O)c2C1. The normalized spacial score (nSPS) is 16.1. The molecule has 154 valence electrons. The molecule has 1 aliphatic rings. The predicted octanol–water partition coefficient (Wildman–Crippen LogP) is 5.33. The molecule has 1 aromatic heterocycles. The Morgan fingerprint density at radius 2 is 1.83 bits per heavy atom. The molecular formula is C23H19F3N2O2. The summed E-state index contributed by atoms with van der Waals surface area (Å²) in [4.78, 5) is 18.9. The molecule has 0 saturated heterocycles. The topological polar surface area (TPSA) is 53.4 Å². The summed E-state index contributed by atoms with van der Waals surface area (Å²) < 4.78 is 38.6. The van der Waals surface area contributed by atoms with Gasteiger partial charge in [-0.25, -0.2) is 9.78 Å². The number of aromatic nitrogens is 1. The van der Waals surface area contributed by atoms with E-state index >= 15 is 0 Å². The number of para-hydroxylation sites is 1. The molecule has 0 bridgehead atoms. The molecule has 2 heterocycles. The highest BCUT2D eigenvalue weighted by Gasteiger charge is 2.30. The Hall–Kier alpha value is -3.19. The van der Waals surface area contributed by atoms with E-state index in [0.29, 0.717) is 47.4 Å². The van der Waals surface area contributed by atoms with Crippen molar-refractivity contribution in [3.8, 4) is 0 Å². The lowest BCUT2D eigenvalue weighted by Gasteiger charge is -2.30. The lowest BCUT2D eigenvalue weighted by atomic mass is 9.92. The summed E-state index contributed by atoms with van der Waals surface area (Å²) in [6, 6.07) is 12.0. The molecule has 30 heavy (non-hydrogen) atoms. The predicted molar refractivity (Wildman–Crippen MR) is 109 cm³/mol. The number of carboxylic acid groups (broad SMARTS) is 1. The Bertz CT molecular complexity index is 1150. The second-order valence-corrected chi connectivity index (χ2v) is 7.23. The lowest BCUT2D eigenvalue weighted by Crippen LogP contribution is -2.31. The van der Waals surface area contributed by atoms with Crippen LogP contribution in [0.25, 0.3) is 22.6 Å². The first-order valence-electron chi connectivity index (χ1n) is 9.53. The Morgan fingerprint density at radius 3 is 2.47 bits per heavy atom. The Morgan fingerprint density at radius 1 is 1.13 bits per heavy atom. The van der Waals surface area contributed by atoms with Gasteiger partial charge in [0.2, 0.25) is 0 Å². The number of pyridine rings is 1. The second-order valence-electron chi connectivity index (χ2n) is 7.23. The third-order valence-corrected chi connectivity index (χ3v) is 5.31. The number of fused-ring (bicyclic) bond motifs is 2. The van der Waals surface area contributed by atoms with E-state index in [9.17, 15) is 23.1 Å². The molecule has 0 saturated carbocycles. The number of rotatable bonds is 3. The van der Waals surface area contributed by atoms with E-state index in [-0.39, 0.29) is 5.56 Å². The molecule has 1 aliphatic heterocycles. The summed E-state index contributed by atoms with van der Waals surface area (Å²) >= 11 is 0. The van der Waals surface area contributed by atoms with E-state index in [1.54, 1.807) is 30.3 Å².